The minimum absolute atomic E-state index is 0.483. The van der Waals surface area contributed by atoms with Crippen LogP contribution in [-0.2, 0) is 4.74 Å². The quantitative estimate of drug-likeness (QED) is 0.656. The zero-order chi connectivity index (χ0) is 11.9. The van der Waals surface area contributed by atoms with Gasteiger partial charge in [-0.3, -0.25) is 0 Å². The zero-order valence-corrected chi connectivity index (χ0v) is 11.3. The molecule has 2 aliphatic rings. The van der Waals surface area contributed by atoms with Crippen LogP contribution < -0.4 is 5.32 Å². The molecule has 2 rings (SSSR count). The molecule has 0 bridgehead atoms. The first-order valence-corrected chi connectivity index (χ1v) is 7.43. The lowest BCUT2D eigenvalue weighted by Gasteiger charge is -2.31. The van der Waals surface area contributed by atoms with Gasteiger partial charge in [-0.05, 0) is 38.1 Å². The van der Waals surface area contributed by atoms with Gasteiger partial charge in [-0.25, -0.2) is 0 Å². The number of ether oxygens (including phenoxy) is 1. The van der Waals surface area contributed by atoms with Crippen molar-refractivity contribution in [3.05, 3.63) is 0 Å². The van der Waals surface area contributed by atoms with Gasteiger partial charge in [0.25, 0.3) is 0 Å². The average molecular weight is 240 g/mol. The number of likely N-dealkylation sites (N-methyl/N-ethyl adjacent to an activating group) is 1. The Kier molecular flexibility index (Phi) is 5.75. The summed E-state index contributed by atoms with van der Waals surface area (Å²) in [5.74, 6) is 0.994. The lowest BCUT2D eigenvalue weighted by molar-refractivity contribution is 0.108. The maximum absolute atomic E-state index is 5.60. The molecular formula is C14H28N2O. The Hall–Kier alpha value is -0.120. The second-order valence-corrected chi connectivity index (χ2v) is 5.53. The Labute approximate surface area is 106 Å². The predicted octanol–water partition coefficient (Wildman–Crippen LogP) is 1.88. The minimum atomic E-state index is 0.483. The highest BCUT2D eigenvalue weighted by molar-refractivity contribution is 4.74. The summed E-state index contributed by atoms with van der Waals surface area (Å²) in [6.07, 6.45) is 7.35. The molecule has 0 aromatic carbocycles. The molecule has 1 aliphatic heterocycles. The molecule has 0 aromatic heterocycles. The van der Waals surface area contributed by atoms with Crippen LogP contribution in [-0.4, -0.2) is 50.3 Å². The molecule has 2 fully saturated rings. The lowest BCUT2D eigenvalue weighted by atomic mass is 9.85. The Morgan fingerprint density at radius 1 is 1.24 bits per heavy atom. The van der Waals surface area contributed by atoms with Crippen LogP contribution in [0, 0.1) is 5.92 Å². The van der Waals surface area contributed by atoms with Crippen molar-refractivity contribution in [3.8, 4) is 0 Å². The maximum atomic E-state index is 5.60. The van der Waals surface area contributed by atoms with Gasteiger partial charge >= 0.3 is 0 Å². The maximum Gasteiger partial charge on any atom is 0.0700 e. The molecule has 1 unspecified atom stereocenters. The first kappa shape index (κ1) is 13.3. The molecule has 3 heteroatoms. The van der Waals surface area contributed by atoms with E-state index in [2.05, 4.69) is 17.1 Å². The van der Waals surface area contributed by atoms with Crippen LogP contribution in [0.5, 0.6) is 0 Å². The van der Waals surface area contributed by atoms with Crippen LogP contribution >= 0.6 is 0 Å². The number of nitrogens with one attached hydrogen (secondary N) is 1. The Morgan fingerprint density at radius 2 is 2.12 bits per heavy atom. The molecule has 3 nitrogen and oxygen atoms in total. The molecule has 1 heterocycles. The van der Waals surface area contributed by atoms with Gasteiger partial charge in [0.1, 0.15) is 0 Å². The normalized spacial score (nSPS) is 25.4. The van der Waals surface area contributed by atoms with E-state index in [9.17, 15) is 0 Å². The fourth-order valence-corrected chi connectivity index (χ4v) is 2.72. The topological polar surface area (TPSA) is 24.5 Å². The van der Waals surface area contributed by atoms with Crippen molar-refractivity contribution in [1.29, 1.82) is 0 Å². The van der Waals surface area contributed by atoms with Crippen molar-refractivity contribution < 1.29 is 4.74 Å². The Balaban J connectivity index is 1.49. The lowest BCUT2D eigenvalue weighted by Crippen LogP contribution is -2.38. The van der Waals surface area contributed by atoms with Crippen LogP contribution in [0.25, 0.3) is 0 Å². The number of hydrogen-bond acceptors (Lipinski definition) is 3. The number of rotatable bonds is 8. The molecule has 100 valence electrons. The summed E-state index contributed by atoms with van der Waals surface area (Å²) in [6.45, 7) is 9.10. The van der Waals surface area contributed by atoms with Crippen LogP contribution in [0.3, 0.4) is 0 Å². The van der Waals surface area contributed by atoms with Crippen molar-refractivity contribution in [2.75, 3.05) is 39.3 Å². The first-order chi connectivity index (χ1) is 8.38. The molecule has 17 heavy (non-hydrogen) atoms. The van der Waals surface area contributed by atoms with Crippen LogP contribution in [0.2, 0.25) is 0 Å². The molecule has 1 aliphatic carbocycles. The molecule has 1 saturated heterocycles. The van der Waals surface area contributed by atoms with Crippen molar-refractivity contribution in [2.24, 2.45) is 5.92 Å². The highest BCUT2D eigenvalue weighted by Crippen LogP contribution is 2.26. The largest absolute Gasteiger partial charge is 0.377 e. The van der Waals surface area contributed by atoms with Gasteiger partial charge in [0.2, 0.25) is 0 Å². The van der Waals surface area contributed by atoms with E-state index >= 15 is 0 Å². The van der Waals surface area contributed by atoms with Crippen LogP contribution in [0.4, 0.5) is 0 Å². The number of hydrogen-bond donors (Lipinski definition) is 1. The van der Waals surface area contributed by atoms with Gasteiger partial charge in [-0.1, -0.05) is 13.3 Å². The van der Waals surface area contributed by atoms with Gasteiger partial charge in [0.15, 0.2) is 0 Å². The number of nitrogens with zero attached hydrogens (tertiary/aromatic N) is 1. The standard InChI is InChI=1S/C14H28N2O/c1-2-16(12-13-5-3-6-13)9-8-15-11-14-7-4-10-17-14/h13-15H,2-12H2,1H3. The van der Waals surface area contributed by atoms with Gasteiger partial charge in [-0.2, -0.15) is 0 Å². The summed E-state index contributed by atoms with van der Waals surface area (Å²) < 4.78 is 5.60. The third-order valence-electron chi connectivity index (χ3n) is 4.19. The average Bonchev–Trinajstić information content (AvgIpc) is 2.78. The van der Waals surface area contributed by atoms with E-state index in [4.69, 9.17) is 4.74 Å². The summed E-state index contributed by atoms with van der Waals surface area (Å²) in [4.78, 5) is 2.59. The smallest absolute Gasteiger partial charge is 0.0700 e. The third kappa shape index (κ3) is 4.57. The first-order valence-electron chi connectivity index (χ1n) is 7.43. The van der Waals surface area contributed by atoms with E-state index in [-0.39, 0.29) is 0 Å². The van der Waals surface area contributed by atoms with E-state index in [1.807, 2.05) is 0 Å². The summed E-state index contributed by atoms with van der Waals surface area (Å²) in [7, 11) is 0. The van der Waals surface area contributed by atoms with E-state index in [0.29, 0.717) is 6.10 Å². The van der Waals surface area contributed by atoms with Gasteiger partial charge < -0.3 is 15.0 Å². The molecule has 0 spiro atoms. The van der Waals surface area contributed by atoms with Crippen LogP contribution in [0.15, 0.2) is 0 Å². The van der Waals surface area contributed by atoms with Crippen LogP contribution in [0.1, 0.15) is 39.0 Å². The second-order valence-electron chi connectivity index (χ2n) is 5.53. The van der Waals surface area contributed by atoms with Gasteiger partial charge in [0.05, 0.1) is 6.10 Å². The van der Waals surface area contributed by atoms with Crippen molar-refractivity contribution in [1.82, 2.24) is 10.2 Å². The second kappa shape index (κ2) is 7.34. The fraction of sp³-hybridized carbons (Fsp3) is 1.00. The Bertz CT molecular complexity index is 200. The molecule has 1 atom stereocenters. The highest BCUT2D eigenvalue weighted by atomic mass is 16.5. The van der Waals surface area contributed by atoms with E-state index in [1.165, 1.54) is 51.7 Å². The SMILES string of the molecule is CCN(CCNCC1CCCO1)CC1CCC1. The van der Waals surface area contributed by atoms with Crippen molar-refractivity contribution >= 4 is 0 Å². The monoisotopic (exact) mass is 240 g/mol. The van der Waals surface area contributed by atoms with Gasteiger partial charge in [0, 0.05) is 32.8 Å². The third-order valence-corrected chi connectivity index (χ3v) is 4.19. The molecule has 0 aromatic rings. The zero-order valence-electron chi connectivity index (χ0n) is 11.3. The highest BCUT2D eigenvalue weighted by Gasteiger charge is 2.20. The summed E-state index contributed by atoms with van der Waals surface area (Å²) in [5, 5.41) is 3.53. The molecule has 1 saturated carbocycles. The summed E-state index contributed by atoms with van der Waals surface area (Å²) in [5.41, 5.74) is 0. The predicted molar refractivity (Wildman–Crippen MR) is 71.3 cm³/mol. The van der Waals surface area contributed by atoms with Gasteiger partial charge in [-0.15, -0.1) is 0 Å². The van der Waals surface area contributed by atoms with Crippen molar-refractivity contribution in [2.45, 2.75) is 45.1 Å². The van der Waals surface area contributed by atoms with E-state index in [1.54, 1.807) is 0 Å². The molecule has 1 N–H and O–H groups in total. The van der Waals surface area contributed by atoms with E-state index in [0.717, 1.165) is 25.6 Å². The molecule has 0 amide bonds. The minimum Gasteiger partial charge on any atom is -0.377 e. The van der Waals surface area contributed by atoms with Crippen molar-refractivity contribution in [3.63, 3.8) is 0 Å². The molecular weight excluding hydrogens is 212 g/mol. The fourth-order valence-electron chi connectivity index (χ4n) is 2.72. The summed E-state index contributed by atoms with van der Waals surface area (Å²) >= 11 is 0. The van der Waals surface area contributed by atoms with E-state index < -0.39 is 0 Å². The summed E-state index contributed by atoms with van der Waals surface area (Å²) in [6, 6.07) is 0. The Morgan fingerprint density at radius 3 is 2.71 bits per heavy atom. The molecule has 0 radical (unpaired) electrons.